The van der Waals surface area contributed by atoms with Gasteiger partial charge in [0, 0.05) is 44.1 Å². The summed E-state index contributed by atoms with van der Waals surface area (Å²) in [4.78, 5) is 6.85. The van der Waals surface area contributed by atoms with Gasteiger partial charge in [-0.1, -0.05) is 32.4 Å². The molecular formula is C28H34N6. The van der Waals surface area contributed by atoms with Crippen LogP contribution in [0.2, 0.25) is 0 Å². The minimum absolute atomic E-state index is 0.740. The molecule has 0 aromatic heterocycles. The second-order valence-corrected chi connectivity index (χ2v) is 9.56. The maximum absolute atomic E-state index is 9.61. The number of hydrazone groups is 1. The number of aryl methyl sites for hydroxylation is 1. The van der Waals surface area contributed by atoms with Crippen LogP contribution in [0.4, 0.5) is 17.1 Å². The van der Waals surface area contributed by atoms with Crippen molar-refractivity contribution in [3.05, 3.63) is 66.0 Å². The van der Waals surface area contributed by atoms with Gasteiger partial charge in [0.1, 0.15) is 18.2 Å². The highest BCUT2D eigenvalue weighted by atomic mass is 15.6. The molecule has 2 aromatic carbocycles. The first kappa shape index (κ1) is 22.3. The van der Waals surface area contributed by atoms with Gasteiger partial charge >= 0.3 is 0 Å². The Morgan fingerprint density at radius 3 is 2.32 bits per heavy atom. The Morgan fingerprint density at radius 1 is 0.971 bits per heavy atom. The van der Waals surface area contributed by atoms with Crippen LogP contribution < -0.4 is 14.7 Å². The molecule has 0 radical (unpaired) electrons. The lowest BCUT2D eigenvalue weighted by atomic mass is 10.1. The molecule has 1 aliphatic carbocycles. The lowest BCUT2D eigenvalue weighted by molar-refractivity contribution is 0.310. The van der Waals surface area contributed by atoms with Gasteiger partial charge in [0.25, 0.3) is 0 Å². The first-order valence-electron chi connectivity index (χ1n) is 12.6. The van der Waals surface area contributed by atoms with E-state index in [1.165, 1.54) is 36.9 Å². The SMILES string of the molecule is C=C1N(CC2CCCC2)N=CN1c1ccc(N2CCN(c3ccc(CC)cc3C#N)CC2)cc1. The van der Waals surface area contributed by atoms with Gasteiger partial charge < -0.3 is 9.80 Å². The van der Waals surface area contributed by atoms with Gasteiger partial charge in [0.05, 0.1) is 11.3 Å². The van der Waals surface area contributed by atoms with E-state index in [0.717, 1.165) is 67.8 Å². The van der Waals surface area contributed by atoms with E-state index < -0.39 is 0 Å². The number of benzene rings is 2. The van der Waals surface area contributed by atoms with Crippen LogP contribution in [0.25, 0.3) is 0 Å². The van der Waals surface area contributed by atoms with Crippen LogP contribution in [0.15, 0.2) is 60.0 Å². The summed E-state index contributed by atoms with van der Waals surface area (Å²) in [5.74, 6) is 1.68. The Hall–Kier alpha value is -3.46. The fraction of sp³-hybridized carbons (Fsp3) is 0.429. The predicted molar refractivity (Wildman–Crippen MR) is 140 cm³/mol. The zero-order valence-corrected chi connectivity index (χ0v) is 20.2. The monoisotopic (exact) mass is 454 g/mol. The zero-order chi connectivity index (χ0) is 23.5. The topological polar surface area (TPSA) is 49.1 Å². The van der Waals surface area contributed by atoms with E-state index in [0.29, 0.717) is 0 Å². The first-order valence-corrected chi connectivity index (χ1v) is 12.6. The van der Waals surface area contributed by atoms with E-state index in [1.807, 2.05) is 12.4 Å². The van der Waals surface area contributed by atoms with Crippen LogP contribution in [-0.4, -0.2) is 44.1 Å². The third-order valence-electron chi connectivity index (χ3n) is 7.49. The Balaban J connectivity index is 1.19. The average Bonchev–Trinajstić information content (AvgIpc) is 3.54. The Kier molecular flexibility index (Phi) is 6.44. The van der Waals surface area contributed by atoms with Crippen LogP contribution in [0.5, 0.6) is 0 Å². The highest BCUT2D eigenvalue weighted by molar-refractivity contribution is 5.85. The third kappa shape index (κ3) is 4.48. The average molecular weight is 455 g/mol. The van der Waals surface area contributed by atoms with Crippen molar-refractivity contribution in [3.8, 4) is 6.07 Å². The maximum Gasteiger partial charge on any atom is 0.127 e. The summed E-state index contributed by atoms with van der Waals surface area (Å²) in [6.07, 6.45) is 8.15. The molecule has 0 N–H and O–H groups in total. The standard InChI is InChI=1S/C28H34N6/c1-3-23-8-13-28(25(18-23)19-29)32-16-14-31(15-17-32)26-9-11-27(12-10-26)33-21-30-34(22(33)2)20-24-6-4-5-7-24/h8-13,18,21,24H,2-7,14-17,20H2,1H3. The summed E-state index contributed by atoms with van der Waals surface area (Å²) in [6.45, 7) is 11.1. The Morgan fingerprint density at radius 2 is 1.65 bits per heavy atom. The molecule has 2 aromatic rings. The third-order valence-corrected chi connectivity index (χ3v) is 7.49. The van der Waals surface area contributed by atoms with Crippen molar-refractivity contribution >= 4 is 23.4 Å². The van der Waals surface area contributed by atoms with E-state index in [2.05, 4.69) is 80.8 Å². The molecule has 5 rings (SSSR count). The summed E-state index contributed by atoms with van der Waals surface area (Å²) in [7, 11) is 0. The van der Waals surface area contributed by atoms with Crippen LogP contribution in [0, 0.1) is 17.2 Å². The summed E-state index contributed by atoms with van der Waals surface area (Å²) < 4.78 is 0. The molecule has 2 aliphatic heterocycles. The molecule has 176 valence electrons. The van der Waals surface area contributed by atoms with Gasteiger partial charge in [-0.3, -0.25) is 4.90 Å². The Labute approximate surface area is 203 Å². The van der Waals surface area contributed by atoms with Crippen molar-refractivity contribution < 1.29 is 0 Å². The number of rotatable bonds is 6. The lowest BCUT2D eigenvalue weighted by Crippen LogP contribution is -2.46. The molecule has 0 amide bonds. The molecule has 3 aliphatic rings. The lowest BCUT2D eigenvalue weighted by Gasteiger charge is -2.38. The van der Waals surface area contributed by atoms with Crippen molar-refractivity contribution in [1.82, 2.24) is 5.01 Å². The quantitative estimate of drug-likeness (QED) is 0.602. The predicted octanol–water partition coefficient (Wildman–Crippen LogP) is 5.17. The summed E-state index contributed by atoms with van der Waals surface area (Å²) in [6, 6.07) is 17.4. The zero-order valence-electron chi connectivity index (χ0n) is 20.2. The van der Waals surface area contributed by atoms with Crippen molar-refractivity contribution in [2.75, 3.05) is 47.4 Å². The molecular weight excluding hydrogens is 420 g/mol. The van der Waals surface area contributed by atoms with Crippen LogP contribution in [-0.2, 0) is 6.42 Å². The number of nitrogens with zero attached hydrogens (tertiary/aromatic N) is 6. The van der Waals surface area contributed by atoms with Crippen LogP contribution in [0.3, 0.4) is 0 Å². The highest BCUT2D eigenvalue weighted by Crippen LogP contribution is 2.31. The van der Waals surface area contributed by atoms with E-state index in [4.69, 9.17) is 0 Å². The van der Waals surface area contributed by atoms with Gasteiger partial charge in [0.15, 0.2) is 0 Å². The molecule has 0 bridgehead atoms. The second-order valence-electron chi connectivity index (χ2n) is 9.56. The van der Waals surface area contributed by atoms with E-state index in [1.54, 1.807) is 0 Å². The maximum atomic E-state index is 9.61. The van der Waals surface area contributed by atoms with Crippen molar-refractivity contribution in [2.45, 2.75) is 39.0 Å². The van der Waals surface area contributed by atoms with Gasteiger partial charge in [-0.2, -0.15) is 10.4 Å². The Bertz CT molecular complexity index is 1080. The van der Waals surface area contributed by atoms with E-state index >= 15 is 0 Å². The summed E-state index contributed by atoms with van der Waals surface area (Å²) in [5.41, 5.74) is 5.39. The molecule has 6 nitrogen and oxygen atoms in total. The van der Waals surface area contributed by atoms with Gasteiger partial charge in [0.2, 0.25) is 0 Å². The van der Waals surface area contributed by atoms with Crippen molar-refractivity contribution in [3.63, 3.8) is 0 Å². The molecule has 6 heteroatoms. The van der Waals surface area contributed by atoms with Crippen molar-refractivity contribution in [1.29, 1.82) is 5.26 Å². The fourth-order valence-corrected chi connectivity index (χ4v) is 5.38. The summed E-state index contributed by atoms with van der Waals surface area (Å²) >= 11 is 0. The van der Waals surface area contributed by atoms with Crippen molar-refractivity contribution in [2.24, 2.45) is 11.0 Å². The fourth-order valence-electron chi connectivity index (χ4n) is 5.38. The van der Waals surface area contributed by atoms with Crippen LogP contribution in [0.1, 0.15) is 43.7 Å². The molecule has 2 fully saturated rings. The van der Waals surface area contributed by atoms with E-state index in [9.17, 15) is 5.26 Å². The van der Waals surface area contributed by atoms with E-state index in [-0.39, 0.29) is 0 Å². The minimum Gasteiger partial charge on any atom is -0.368 e. The molecule has 0 atom stereocenters. The molecule has 34 heavy (non-hydrogen) atoms. The van der Waals surface area contributed by atoms with Gasteiger partial charge in [-0.25, -0.2) is 5.01 Å². The molecule has 0 unspecified atom stereocenters. The number of hydrogen-bond donors (Lipinski definition) is 0. The largest absolute Gasteiger partial charge is 0.368 e. The smallest absolute Gasteiger partial charge is 0.127 e. The summed E-state index contributed by atoms with van der Waals surface area (Å²) in [5, 5.41) is 16.3. The molecule has 0 spiro atoms. The first-order chi connectivity index (χ1) is 16.7. The minimum atomic E-state index is 0.740. The molecule has 1 saturated heterocycles. The van der Waals surface area contributed by atoms with Gasteiger partial charge in [-0.05, 0) is 67.1 Å². The second kappa shape index (κ2) is 9.80. The number of anilines is 3. The highest BCUT2D eigenvalue weighted by Gasteiger charge is 2.26. The molecule has 1 saturated carbocycles. The van der Waals surface area contributed by atoms with Crippen LogP contribution >= 0.6 is 0 Å². The number of nitriles is 1. The van der Waals surface area contributed by atoms with Gasteiger partial charge in [-0.15, -0.1) is 0 Å². The normalized spacial score (nSPS) is 18.8. The molecule has 2 heterocycles. The number of hydrogen-bond acceptors (Lipinski definition) is 6. The number of piperazine rings is 1.